The van der Waals surface area contributed by atoms with Crippen molar-refractivity contribution in [2.24, 2.45) is 5.92 Å². The summed E-state index contributed by atoms with van der Waals surface area (Å²) >= 11 is 0. The number of aliphatic hydroxyl groups excluding tert-OH is 1. The van der Waals surface area contributed by atoms with E-state index in [4.69, 9.17) is 0 Å². The van der Waals surface area contributed by atoms with Gasteiger partial charge in [-0.2, -0.15) is 0 Å². The van der Waals surface area contributed by atoms with E-state index >= 15 is 0 Å². The van der Waals surface area contributed by atoms with E-state index in [2.05, 4.69) is 5.32 Å². The Kier molecular flexibility index (Phi) is 6.18. The van der Waals surface area contributed by atoms with Crippen LogP contribution in [0.25, 0.3) is 0 Å². The molecule has 106 valence electrons. The van der Waals surface area contributed by atoms with Crippen molar-refractivity contribution in [1.82, 2.24) is 5.32 Å². The van der Waals surface area contributed by atoms with Crippen molar-refractivity contribution >= 4 is 16.7 Å². The van der Waals surface area contributed by atoms with Gasteiger partial charge in [0.05, 0.1) is 6.10 Å². The van der Waals surface area contributed by atoms with Gasteiger partial charge in [-0.25, -0.2) is 0 Å². The fourth-order valence-corrected chi connectivity index (χ4v) is 2.09. The Morgan fingerprint density at radius 1 is 1.37 bits per heavy atom. The van der Waals surface area contributed by atoms with Gasteiger partial charge in [0.15, 0.2) is 0 Å². The van der Waals surface area contributed by atoms with Gasteiger partial charge in [0.2, 0.25) is 0 Å². The molecule has 2 N–H and O–H groups in total. The first kappa shape index (κ1) is 15.9. The summed E-state index contributed by atoms with van der Waals surface area (Å²) in [6.45, 7) is 4.19. The SMILES string of the molecule is CCC(C)C(O)CNC(=O)c1ccc(S(C)=O)cc1. The molecule has 0 fully saturated rings. The number of benzene rings is 1. The molecular weight excluding hydrogens is 262 g/mol. The molecule has 4 nitrogen and oxygen atoms in total. The molecular formula is C14H21NO3S. The summed E-state index contributed by atoms with van der Waals surface area (Å²) in [5.74, 6) is -0.0685. The van der Waals surface area contributed by atoms with Crippen molar-refractivity contribution in [2.45, 2.75) is 31.3 Å². The maximum Gasteiger partial charge on any atom is 0.251 e. The summed E-state index contributed by atoms with van der Waals surface area (Å²) in [5.41, 5.74) is 0.505. The van der Waals surface area contributed by atoms with Crippen molar-refractivity contribution in [2.75, 3.05) is 12.8 Å². The van der Waals surface area contributed by atoms with Crippen molar-refractivity contribution in [3.05, 3.63) is 29.8 Å². The standard InChI is InChI=1S/C14H21NO3S/c1-4-10(2)13(16)9-15-14(17)11-5-7-12(8-6-11)19(3)18/h5-8,10,13,16H,4,9H2,1-3H3,(H,15,17). The zero-order valence-corrected chi connectivity index (χ0v) is 12.4. The second-order valence-corrected chi connectivity index (χ2v) is 6.02. The summed E-state index contributed by atoms with van der Waals surface area (Å²) in [6, 6.07) is 6.63. The molecule has 0 aliphatic carbocycles. The van der Waals surface area contributed by atoms with E-state index in [-0.39, 0.29) is 18.4 Å². The fourth-order valence-electron chi connectivity index (χ4n) is 1.57. The molecule has 1 aromatic rings. The smallest absolute Gasteiger partial charge is 0.251 e. The molecule has 3 atom stereocenters. The number of hydrogen-bond acceptors (Lipinski definition) is 3. The first-order valence-corrected chi connectivity index (χ1v) is 7.91. The lowest BCUT2D eigenvalue weighted by Crippen LogP contribution is -2.35. The third-order valence-electron chi connectivity index (χ3n) is 3.22. The average Bonchev–Trinajstić information content (AvgIpc) is 2.43. The number of carbonyl (C=O) groups is 1. The van der Waals surface area contributed by atoms with Gasteiger partial charge in [-0.3, -0.25) is 9.00 Å². The third kappa shape index (κ3) is 4.76. The molecule has 0 heterocycles. The molecule has 1 amide bonds. The molecule has 1 aromatic carbocycles. The number of rotatable bonds is 6. The molecule has 1 rings (SSSR count). The predicted molar refractivity (Wildman–Crippen MR) is 76.6 cm³/mol. The van der Waals surface area contributed by atoms with Crippen LogP contribution in [-0.2, 0) is 10.8 Å². The molecule has 19 heavy (non-hydrogen) atoms. The summed E-state index contributed by atoms with van der Waals surface area (Å²) in [6.07, 6.45) is 1.93. The first-order valence-electron chi connectivity index (χ1n) is 6.35. The summed E-state index contributed by atoms with van der Waals surface area (Å²) in [5, 5.41) is 12.5. The number of amides is 1. The molecule has 0 bridgehead atoms. The highest BCUT2D eigenvalue weighted by atomic mass is 32.2. The van der Waals surface area contributed by atoms with E-state index in [0.29, 0.717) is 10.5 Å². The van der Waals surface area contributed by atoms with Crippen LogP contribution in [0, 0.1) is 5.92 Å². The second-order valence-electron chi connectivity index (χ2n) is 4.64. The largest absolute Gasteiger partial charge is 0.391 e. The maximum absolute atomic E-state index is 11.8. The van der Waals surface area contributed by atoms with Gasteiger partial charge < -0.3 is 10.4 Å². The van der Waals surface area contributed by atoms with Gasteiger partial charge in [-0.05, 0) is 30.2 Å². The number of carbonyl (C=O) groups excluding carboxylic acids is 1. The highest BCUT2D eigenvalue weighted by Gasteiger charge is 2.14. The highest BCUT2D eigenvalue weighted by molar-refractivity contribution is 7.84. The Bertz CT molecular complexity index is 445. The van der Waals surface area contributed by atoms with Crippen LogP contribution in [0.2, 0.25) is 0 Å². The molecule has 0 radical (unpaired) electrons. The van der Waals surface area contributed by atoms with Crippen molar-refractivity contribution in [3.8, 4) is 0 Å². The number of aliphatic hydroxyl groups is 1. The molecule has 0 aliphatic heterocycles. The number of nitrogens with one attached hydrogen (secondary N) is 1. The lowest BCUT2D eigenvalue weighted by atomic mass is 10.0. The lowest BCUT2D eigenvalue weighted by molar-refractivity contribution is 0.0850. The van der Waals surface area contributed by atoms with Crippen LogP contribution in [0.3, 0.4) is 0 Å². The first-order chi connectivity index (χ1) is 8.95. The van der Waals surface area contributed by atoms with Crippen LogP contribution in [0.4, 0.5) is 0 Å². The third-order valence-corrected chi connectivity index (χ3v) is 4.16. The number of hydrogen-bond donors (Lipinski definition) is 2. The van der Waals surface area contributed by atoms with Crippen LogP contribution in [0.1, 0.15) is 30.6 Å². The maximum atomic E-state index is 11.8. The van der Waals surface area contributed by atoms with E-state index in [0.717, 1.165) is 6.42 Å². The van der Waals surface area contributed by atoms with Gasteiger partial charge in [-0.1, -0.05) is 20.3 Å². The average molecular weight is 283 g/mol. The Morgan fingerprint density at radius 3 is 2.42 bits per heavy atom. The van der Waals surface area contributed by atoms with Crippen LogP contribution in [0.15, 0.2) is 29.2 Å². The van der Waals surface area contributed by atoms with Crippen LogP contribution >= 0.6 is 0 Å². The predicted octanol–water partition coefficient (Wildman–Crippen LogP) is 1.56. The molecule has 0 saturated heterocycles. The molecule has 0 saturated carbocycles. The minimum absolute atomic E-state index is 0.158. The van der Waals surface area contributed by atoms with E-state index in [1.807, 2.05) is 13.8 Å². The molecule has 5 heteroatoms. The summed E-state index contributed by atoms with van der Waals surface area (Å²) < 4.78 is 11.2. The van der Waals surface area contributed by atoms with Crippen LogP contribution < -0.4 is 5.32 Å². The Morgan fingerprint density at radius 2 is 1.95 bits per heavy atom. The molecule has 0 aliphatic rings. The van der Waals surface area contributed by atoms with E-state index < -0.39 is 16.9 Å². The van der Waals surface area contributed by atoms with E-state index in [1.165, 1.54) is 0 Å². The Labute approximate surface area is 116 Å². The minimum atomic E-state index is -1.04. The van der Waals surface area contributed by atoms with E-state index in [1.54, 1.807) is 30.5 Å². The van der Waals surface area contributed by atoms with Crippen molar-refractivity contribution in [1.29, 1.82) is 0 Å². The normalized spacial score (nSPS) is 15.6. The van der Waals surface area contributed by atoms with Gasteiger partial charge in [0, 0.05) is 34.1 Å². The van der Waals surface area contributed by atoms with Crippen molar-refractivity contribution in [3.63, 3.8) is 0 Å². The van der Waals surface area contributed by atoms with Crippen molar-refractivity contribution < 1.29 is 14.1 Å². The van der Waals surface area contributed by atoms with Crippen LogP contribution in [0.5, 0.6) is 0 Å². The fraction of sp³-hybridized carbons (Fsp3) is 0.500. The summed E-state index contributed by atoms with van der Waals surface area (Å²) in [4.78, 5) is 12.5. The van der Waals surface area contributed by atoms with Gasteiger partial charge in [0.1, 0.15) is 0 Å². The zero-order chi connectivity index (χ0) is 14.4. The monoisotopic (exact) mass is 283 g/mol. The van der Waals surface area contributed by atoms with Crippen LogP contribution in [-0.4, -0.2) is 34.1 Å². The van der Waals surface area contributed by atoms with E-state index in [9.17, 15) is 14.1 Å². The zero-order valence-electron chi connectivity index (χ0n) is 11.6. The highest BCUT2D eigenvalue weighted by Crippen LogP contribution is 2.09. The Balaban J connectivity index is 2.56. The minimum Gasteiger partial charge on any atom is -0.391 e. The lowest BCUT2D eigenvalue weighted by Gasteiger charge is -2.17. The molecule has 0 spiro atoms. The van der Waals surface area contributed by atoms with Gasteiger partial charge >= 0.3 is 0 Å². The quantitative estimate of drug-likeness (QED) is 0.832. The molecule has 3 unspecified atom stereocenters. The second kappa shape index (κ2) is 7.40. The Hall–Kier alpha value is -1.20. The van der Waals surface area contributed by atoms with Gasteiger partial charge in [0.25, 0.3) is 5.91 Å². The summed E-state index contributed by atoms with van der Waals surface area (Å²) in [7, 11) is -1.04. The topological polar surface area (TPSA) is 66.4 Å². The molecule has 0 aromatic heterocycles. The van der Waals surface area contributed by atoms with Gasteiger partial charge in [-0.15, -0.1) is 0 Å².